The molecule has 0 spiro atoms. The molecule has 1 saturated heterocycles. The second kappa shape index (κ2) is 8.33. The monoisotopic (exact) mass is 364 g/mol. The third-order valence-electron chi connectivity index (χ3n) is 4.79. The van der Waals surface area contributed by atoms with Crippen LogP contribution in [0, 0.1) is 0 Å². The average Bonchev–Trinajstić information content (AvgIpc) is 3.17. The van der Waals surface area contributed by atoms with Crippen molar-refractivity contribution in [3.8, 4) is 17.1 Å². The Balaban J connectivity index is 1.45. The van der Waals surface area contributed by atoms with Crippen LogP contribution in [-0.4, -0.2) is 53.2 Å². The van der Waals surface area contributed by atoms with E-state index in [1.807, 2.05) is 54.6 Å². The first-order valence-corrected chi connectivity index (χ1v) is 9.27. The number of aromatic nitrogens is 2. The van der Waals surface area contributed by atoms with E-state index in [4.69, 9.17) is 9.26 Å². The molecule has 6 heteroatoms. The van der Waals surface area contributed by atoms with E-state index in [1.54, 1.807) is 0 Å². The van der Waals surface area contributed by atoms with Gasteiger partial charge in [-0.2, -0.15) is 4.98 Å². The molecule has 0 N–H and O–H groups in total. The number of ether oxygens (including phenoxy) is 1. The first-order chi connectivity index (χ1) is 13.3. The summed E-state index contributed by atoms with van der Waals surface area (Å²) >= 11 is 0. The molecule has 2 heterocycles. The van der Waals surface area contributed by atoms with Gasteiger partial charge in [-0.05, 0) is 24.7 Å². The predicted octanol–water partition coefficient (Wildman–Crippen LogP) is 3.06. The predicted molar refractivity (Wildman–Crippen MR) is 103 cm³/mol. The lowest BCUT2D eigenvalue weighted by Crippen LogP contribution is -2.43. The minimum atomic E-state index is 0.504. The van der Waals surface area contributed by atoms with Crippen LogP contribution in [0.5, 0.6) is 5.75 Å². The molecule has 0 radical (unpaired) electrons. The lowest BCUT2D eigenvalue weighted by Gasteiger charge is -2.31. The summed E-state index contributed by atoms with van der Waals surface area (Å²) in [6.07, 6.45) is 0. The molecule has 27 heavy (non-hydrogen) atoms. The van der Waals surface area contributed by atoms with Gasteiger partial charge in [-0.1, -0.05) is 47.6 Å². The van der Waals surface area contributed by atoms with Crippen molar-refractivity contribution in [2.75, 3.05) is 33.2 Å². The molecule has 1 aromatic heterocycles. The quantitative estimate of drug-likeness (QED) is 0.670. The van der Waals surface area contributed by atoms with Crippen LogP contribution in [0.4, 0.5) is 0 Å². The molecule has 1 fully saturated rings. The zero-order valence-electron chi connectivity index (χ0n) is 15.5. The Morgan fingerprint density at radius 1 is 0.963 bits per heavy atom. The van der Waals surface area contributed by atoms with Gasteiger partial charge >= 0.3 is 0 Å². The maximum absolute atomic E-state index is 6.01. The number of hydrogen-bond acceptors (Lipinski definition) is 6. The van der Waals surface area contributed by atoms with Gasteiger partial charge < -0.3 is 14.2 Å². The van der Waals surface area contributed by atoms with E-state index in [2.05, 4.69) is 27.0 Å². The minimum Gasteiger partial charge on any atom is -0.488 e. The Morgan fingerprint density at radius 2 is 1.70 bits per heavy atom. The van der Waals surface area contributed by atoms with Gasteiger partial charge in [0.2, 0.25) is 11.7 Å². The standard InChI is InChI=1S/C21H24N4O2/c1-24-11-13-25(14-12-24)15-20-22-21(23-27-20)18-9-5-6-10-19(18)26-16-17-7-3-2-4-8-17/h2-10H,11-16H2,1H3. The fourth-order valence-corrected chi connectivity index (χ4v) is 3.14. The van der Waals surface area contributed by atoms with E-state index >= 15 is 0 Å². The largest absolute Gasteiger partial charge is 0.488 e. The summed E-state index contributed by atoms with van der Waals surface area (Å²) in [7, 11) is 2.15. The molecule has 0 bridgehead atoms. The summed E-state index contributed by atoms with van der Waals surface area (Å²) in [6.45, 7) is 5.36. The van der Waals surface area contributed by atoms with Gasteiger partial charge in [0.05, 0.1) is 12.1 Å². The van der Waals surface area contributed by atoms with E-state index in [0.717, 1.165) is 43.1 Å². The molecule has 0 amide bonds. The zero-order valence-corrected chi connectivity index (χ0v) is 15.5. The molecule has 2 aromatic carbocycles. The number of benzene rings is 2. The van der Waals surface area contributed by atoms with Crippen LogP contribution in [0.3, 0.4) is 0 Å². The van der Waals surface area contributed by atoms with Crippen molar-refractivity contribution in [3.63, 3.8) is 0 Å². The van der Waals surface area contributed by atoms with Crippen LogP contribution in [0.1, 0.15) is 11.5 Å². The average molecular weight is 364 g/mol. The summed E-state index contributed by atoms with van der Waals surface area (Å²) in [5.41, 5.74) is 1.97. The van der Waals surface area contributed by atoms with Gasteiger partial charge in [-0.25, -0.2) is 0 Å². The lowest BCUT2D eigenvalue weighted by molar-refractivity contribution is 0.135. The number of piperazine rings is 1. The molecule has 4 rings (SSSR count). The molecule has 0 atom stereocenters. The maximum atomic E-state index is 6.01. The van der Waals surface area contributed by atoms with Gasteiger partial charge in [0.25, 0.3) is 0 Å². The van der Waals surface area contributed by atoms with Gasteiger partial charge in [0.1, 0.15) is 12.4 Å². The first kappa shape index (κ1) is 17.7. The number of hydrogen-bond donors (Lipinski definition) is 0. The number of rotatable bonds is 6. The van der Waals surface area contributed by atoms with Crippen molar-refractivity contribution in [3.05, 3.63) is 66.1 Å². The molecular formula is C21H24N4O2. The van der Waals surface area contributed by atoms with Gasteiger partial charge in [-0.3, -0.25) is 4.90 Å². The topological polar surface area (TPSA) is 54.6 Å². The normalized spacial score (nSPS) is 15.7. The molecule has 1 aliphatic heterocycles. The third-order valence-corrected chi connectivity index (χ3v) is 4.79. The smallest absolute Gasteiger partial charge is 0.241 e. The highest BCUT2D eigenvalue weighted by Gasteiger charge is 2.18. The van der Waals surface area contributed by atoms with Crippen molar-refractivity contribution >= 4 is 0 Å². The molecule has 140 valence electrons. The molecular weight excluding hydrogens is 340 g/mol. The van der Waals surface area contributed by atoms with E-state index in [0.29, 0.717) is 24.9 Å². The van der Waals surface area contributed by atoms with Gasteiger partial charge in [0, 0.05) is 26.2 Å². The Morgan fingerprint density at radius 3 is 2.52 bits per heavy atom. The Labute approximate surface area is 159 Å². The van der Waals surface area contributed by atoms with Crippen molar-refractivity contribution in [2.45, 2.75) is 13.2 Å². The summed E-state index contributed by atoms with van der Waals surface area (Å²) < 4.78 is 11.5. The lowest BCUT2D eigenvalue weighted by atomic mass is 10.2. The maximum Gasteiger partial charge on any atom is 0.241 e. The van der Waals surface area contributed by atoms with E-state index in [1.165, 1.54) is 0 Å². The summed E-state index contributed by atoms with van der Waals surface area (Å²) in [4.78, 5) is 9.27. The van der Waals surface area contributed by atoms with Gasteiger partial charge in [0.15, 0.2) is 0 Å². The van der Waals surface area contributed by atoms with Crippen LogP contribution in [0.2, 0.25) is 0 Å². The van der Waals surface area contributed by atoms with Crippen molar-refractivity contribution in [1.82, 2.24) is 19.9 Å². The van der Waals surface area contributed by atoms with Crippen molar-refractivity contribution in [1.29, 1.82) is 0 Å². The van der Waals surface area contributed by atoms with Crippen molar-refractivity contribution in [2.24, 2.45) is 0 Å². The minimum absolute atomic E-state index is 0.504. The number of para-hydroxylation sites is 1. The fraction of sp³-hybridized carbons (Fsp3) is 0.333. The third kappa shape index (κ3) is 4.53. The van der Waals surface area contributed by atoms with Crippen LogP contribution in [-0.2, 0) is 13.2 Å². The van der Waals surface area contributed by atoms with Crippen LogP contribution in [0.15, 0.2) is 59.1 Å². The van der Waals surface area contributed by atoms with Crippen LogP contribution < -0.4 is 4.74 Å². The summed E-state index contributed by atoms with van der Waals surface area (Å²) in [5.74, 6) is 1.98. The fourth-order valence-electron chi connectivity index (χ4n) is 3.14. The molecule has 0 aliphatic carbocycles. The number of likely N-dealkylation sites (N-methyl/N-ethyl adjacent to an activating group) is 1. The molecule has 6 nitrogen and oxygen atoms in total. The summed E-state index contributed by atoms with van der Waals surface area (Å²) in [6, 6.07) is 17.9. The highest BCUT2D eigenvalue weighted by atomic mass is 16.5. The Kier molecular flexibility index (Phi) is 5.46. The first-order valence-electron chi connectivity index (χ1n) is 9.27. The Bertz CT molecular complexity index is 857. The highest BCUT2D eigenvalue weighted by molar-refractivity contribution is 5.63. The van der Waals surface area contributed by atoms with E-state index in [-0.39, 0.29) is 0 Å². The zero-order chi connectivity index (χ0) is 18.5. The van der Waals surface area contributed by atoms with Crippen LogP contribution >= 0.6 is 0 Å². The van der Waals surface area contributed by atoms with Crippen molar-refractivity contribution < 1.29 is 9.26 Å². The SMILES string of the molecule is CN1CCN(Cc2nc(-c3ccccc3OCc3ccccc3)no2)CC1. The Hall–Kier alpha value is -2.70. The van der Waals surface area contributed by atoms with Crippen LogP contribution in [0.25, 0.3) is 11.4 Å². The summed E-state index contributed by atoms with van der Waals surface area (Å²) in [5, 5.41) is 4.18. The number of nitrogens with zero attached hydrogens (tertiary/aromatic N) is 4. The highest BCUT2D eigenvalue weighted by Crippen LogP contribution is 2.28. The second-order valence-electron chi connectivity index (χ2n) is 6.86. The van der Waals surface area contributed by atoms with E-state index in [9.17, 15) is 0 Å². The van der Waals surface area contributed by atoms with E-state index < -0.39 is 0 Å². The van der Waals surface area contributed by atoms with Gasteiger partial charge in [-0.15, -0.1) is 0 Å². The second-order valence-corrected chi connectivity index (χ2v) is 6.86. The molecule has 1 aliphatic rings. The molecule has 3 aromatic rings. The molecule has 0 unspecified atom stereocenters. The molecule has 0 saturated carbocycles.